The molecule has 5 nitrogen and oxygen atoms in total. The number of rotatable bonds is 5. The average Bonchev–Trinajstić information content (AvgIpc) is 3.34. The van der Waals surface area contributed by atoms with Gasteiger partial charge in [0.05, 0.1) is 24.0 Å². The largest absolute Gasteiger partial charge is 0.357 e. The van der Waals surface area contributed by atoms with Crippen molar-refractivity contribution in [1.29, 1.82) is 0 Å². The van der Waals surface area contributed by atoms with E-state index in [-0.39, 0.29) is 12.3 Å². The van der Waals surface area contributed by atoms with Crippen LogP contribution in [0.5, 0.6) is 0 Å². The number of pyridine rings is 1. The van der Waals surface area contributed by atoms with Crippen LogP contribution in [0.4, 0.5) is 11.5 Å². The Morgan fingerprint density at radius 2 is 2.07 bits per heavy atom. The lowest BCUT2D eigenvalue weighted by atomic mass is 10.2. The summed E-state index contributed by atoms with van der Waals surface area (Å²) in [6.07, 6.45) is 4.41. The molecule has 1 saturated heterocycles. The van der Waals surface area contributed by atoms with Crippen molar-refractivity contribution < 1.29 is 4.79 Å². The minimum absolute atomic E-state index is 0.0863. The zero-order valence-electron chi connectivity index (χ0n) is 14.7. The molecule has 0 radical (unpaired) electrons. The Morgan fingerprint density at radius 3 is 2.81 bits per heavy atom. The summed E-state index contributed by atoms with van der Waals surface area (Å²) in [5, 5.41) is 5.75. The standard InChI is InChI=1S/C20H19BrN4OS/c21-15-5-3-4-14(10-15)20-24-17(13-27-20)11-19(26)23-16-6-7-18(22-12-16)25-8-1-2-9-25/h3-7,10,12-13H,1-2,8-9,11H2,(H,23,26). The first-order valence-electron chi connectivity index (χ1n) is 8.88. The summed E-state index contributed by atoms with van der Waals surface area (Å²) >= 11 is 5.02. The number of hydrogen-bond acceptors (Lipinski definition) is 5. The van der Waals surface area contributed by atoms with E-state index in [1.54, 1.807) is 17.5 Å². The van der Waals surface area contributed by atoms with Crippen LogP contribution in [0, 0.1) is 0 Å². The summed E-state index contributed by atoms with van der Waals surface area (Å²) < 4.78 is 1.01. The molecule has 3 heterocycles. The van der Waals surface area contributed by atoms with Crippen molar-refractivity contribution in [2.75, 3.05) is 23.3 Å². The summed E-state index contributed by atoms with van der Waals surface area (Å²) in [5.41, 5.74) is 2.53. The van der Waals surface area contributed by atoms with Gasteiger partial charge in [0.2, 0.25) is 5.91 Å². The monoisotopic (exact) mass is 442 g/mol. The minimum atomic E-state index is -0.0863. The molecule has 0 atom stereocenters. The quantitative estimate of drug-likeness (QED) is 0.619. The fraction of sp³-hybridized carbons (Fsp3) is 0.250. The Morgan fingerprint density at radius 1 is 1.22 bits per heavy atom. The molecule has 2 aromatic heterocycles. The maximum Gasteiger partial charge on any atom is 0.230 e. The number of nitrogens with zero attached hydrogens (tertiary/aromatic N) is 3. The van der Waals surface area contributed by atoms with Gasteiger partial charge in [-0.25, -0.2) is 9.97 Å². The van der Waals surface area contributed by atoms with E-state index in [9.17, 15) is 4.79 Å². The summed E-state index contributed by atoms with van der Waals surface area (Å²) in [7, 11) is 0. The number of carbonyl (C=O) groups is 1. The van der Waals surface area contributed by atoms with Crippen LogP contribution in [0.1, 0.15) is 18.5 Å². The Balaban J connectivity index is 1.37. The van der Waals surface area contributed by atoms with Gasteiger partial charge in [-0.2, -0.15) is 0 Å². The average molecular weight is 443 g/mol. The highest BCUT2D eigenvalue weighted by Crippen LogP contribution is 2.26. The molecule has 0 aliphatic carbocycles. The fourth-order valence-corrected chi connectivity index (χ4v) is 4.32. The van der Waals surface area contributed by atoms with E-state index in [1.807, 2.05) is 41.8 Å². The van der Waals surface area contributed by atoms with Crippen molar-refractivity contribution in [3.63, 3.8) is 0 Å². The molecular weight excluding hydrogens is 424 g/mol. The molecule has 0 spiro atoms. The number of thiazole rings is 1. The van der Waals surface area contributed by atoms with E-state index in [2.05, 4.69) is 36.1 Å². The van der Waals surface area contributed by atoms with Crippen LogP contribution < -0.4 is 10.2 Å². The molecular formula is C20H19BrN4OS. The van der Waals surface area contributed by atoms with Crippen LogP contribution in [-0.4, -0.2) is 29.0 Å². The number of amides is 1. The van der Waals surface area contributed by atoms with Gasteiger partial charge in [-0.05, 0) is 37.1 Å². The smallest absolute Gasteiger partial charge is 0.230 e. The van der Waals surface area contributed by atoms with E-state index in [1.165, 1.54) is 12.8 Å². The lowest BCUT2D eigenvalue weighted by Crippen LogP contribution is -2.19. The molecule has 1 N–H and O–H groups in total. The van der Waals surface area contributed by atoms with Crippen LogP contribution in [0.3, 0.4) is 0 Å². The third-order valence-corrected chi connectivity index (χ3v) is 5.86. The molecule has 0 saturated carbocycles. The summed E-state index contributed by atoms with van der Waals surface area (Å²) in [6, 6.07) is 11.9. The van der Waals surface area contributed by atoms with Gasteiger partial charge in [0.1, 0.15) is 10.8 Å². The van der Waals surface area contributed by atoms with Gasteiger partial charge in [-0.1, -0.05) is 28.1 Å². The number of halogens is 1. The highest BCUT2D eigenvalue weighted by atomic mass is 79.9. The van der Waals surface area contributed by atoms with Crippen molar-refractivity contribution in [1.82, 2.24) is 9.97 Å². The second-order valence-corrected chi connectivity index (χ2v) is 8.25. The molecule has 0 bridgehead atoms. The topological polar surface area (TPSA) is 58.1 Å². The fourth-order valence-electron chi connectivity index (χ4n) is 3.11. The number of hydrogen-bond donors (Lipinski definition) is 1. The number of nitrogens with one attached hydrogen (secondary N) is 1. The zero-order chi connectivity index (χ0) is 18.6. The van der Waals surface area contributed by atoms with Gasteiger partial charge in [0, 0.05) is 28.5 Å². The first-order valence-corrected chi connectivity index (χ1v) is 10.6. The first kappa shape index (κ1) is 18.1. The van der Waals surface area contributed by atoms with Gasteiger partial charge in [0.15, 0.2) is 0 Å². The Hall–Kier alpha value is -2.25. The molecule has 1 aromatic carbocycles. The predicted molar refractivity (Wildman–Crippen MR) is 113 cm³/mol. The number of anilines is 2. The molecule has 3 aromatic rings. The molecule has 4 rings (SSSR count). The molecule has 1 amide bonds. The van der Waals surface area contributed by atoms with E-state index in [0.717, 1.165) is 39.6 Å². The third-order valence-electron chi connectivity index (χ3n) is 4.43. The lowest BCUT2D eigenvalue weighted by Gasteiger charge is -2.16. The molecule has 138 valence electrons. The molecule has 0 unspecified atom stereocenters. The predicted octanol–water partition coefficient (Wildman–Crippen LogP) is 4.75. The molecule has 1 aliphatic heterocycles. The van der Waals surface area contributed by atoms with Gasteiger partial charge in [-0.3, -0.25) is 4.79 Å². The van der Waals surface area contributed by atoms with Gasteiger partial charge < -0.3 is 10.2 Å². The van der Waals surface area contributed by atoms with Crippen LogP contribution in [-0.2, 0) is 11.2 Å². The maximum absolute atomic E-state index is 12.3. The summed E-state index contributed by atoms with van der Waals surface area (Å²) in [6.45, 7) is 2.12. The Bertz CT molecular complexity index is 935. The molecule has 7 heteroatoms. The highest BCUT2D eigenvalue weighted by Gasteiger charge is 2.14. The van der Waals surface area contributed by atoms with Crippen molar-refractivity contribution >= 4 is 44.7 Å². The molecule has 1 aliphatic rings. The normalized spacial score (nSPS) is 13.7. The van der Waals surface area contributed by atoms with Gasteiger partial charge >= 0.3 is 0 Å². The van der Waals surface area contributed by atoms with Crippen molar-refractivity contribution in [3.05, 3.63) is 58.1 Å². The zero-order valence-corrected chi connectivity index (χ0v) is 17.1. The Kier molecular flexibility index (Phi) is 5.50. The van der Waals surface area contributed by atoms with Crippen LogP contribution in [0.25, 0.3) is 10.6 Å². The third kappa shape index (κ3) is 4.54. The highest BCUT2D eigenvalue weighted by molar-refractivity contribution is 9.10. The molecule has 27 heavy (non-hydrogen) atoms. The van der Waals surface area contributed by atoms with E-state index >= 15 is 0 Å². The van der Waals surface area contributed by atoms with Gasteiger partial charge in [-0.15, -0.1) is 11.3 Å². The Labute approximate surface area is 170 Å². The van der Waals surface area contributed by atoms with E-state index in [0.29, 0.717) is 5.69 Å². The van der Waals surface area contributed by atoms with Crippen molar-refractivity contribution in [3.8, 4) is 10.6 Å². The SMILES string of the molecule is O=C(Cc1csc(-c2cccc(Br)c2)n1)Nc1ccc(N2CCCC2)nc1. The van der Waals surface area contributed by atoms with Crippen molar-refractivity contribution in [2.45, 2.75) is 19.3 Å². The number of aromatic nitrogens is 2. The minimum Gasteiger partial charge on any atom is -0.357 e. The second-order valence-electron chi connectivity index (χ2n) is 6.48. The van der Waals surface area contributed by atoms with E-state index in [4.69, 9.17) is 0 Å². The summed E-state index contributed by atoms with van der Waals surface area (Å²) in [4.78, 5) is 23.6. The van der Waals surface area contributed by atoms with E-state index < -0.39 is 0 Å². The lowest BCUT2D eigenvalue weighted by molar-refractivity contribution is -0.115. The number of carbonyl (C=O) groups excluding carboxylic acids is 1. The van der Waals surface area contributed by atoms with Crippen LogP contribution in [0.15, 0.2) is 52.4 Å². The number of benzene rings is 1. The van der Waals surface area contributed by atoms with Crippen molar-refractivity contribution in [2.24, 2.45) is 0 Å². The van der Waals surface area contributed by atoms with Crippen LogP contribution in [0.2, 0.25) is 0 Å². The first-order chi connectivity index (χ1) is 13.2. The second kappa shape index (κ2) is 8.19. The van der Waals surface area contributed by atoms with Crippen LogP contribution >= 0.6 is 27.3 Å². The maximum atomic E-state index is 12.3. The summed E-state index contributed by atoms with van der Waals surface area (Å²) in [5.74, 6) is 0.889. The molecule has 1 fully saturated rings. The van der Waals surface area contributed by atoms with Gasteiger partial charge in [0.25, 0.3) is 0 Å².